The Balaban J connectivity index is 1.98. The molecule has 0 radical (unpaired) electrons. The fourth-order valence-electron chi connectivity index (χ4n) is 2.13. The Kier molecular flexibility index (Phi) is 5.73. The molecule has 0 saturated carbocycles. The Morgan fingerprint density at radius 2 is 2.20 bits per heavy atom. The molecule has 2 aromatic rings. The van der Waals surface area contributed by atoms with Gasteiger partial charge >= 0.3 is 0 Å². The first kappa shape index (κ1) is 15.2. The zero-order valence-electron chi connectivity index (χ0n) is 11.9. The average molecular weight is 338 g/mol. The normalized spacial score (nSPS) is 12.6. The Labute approximate surface area is 128 Å². The van der Waals surface area contributed by atoms with E-state index in [0.29, 0.717) is 18.4 Å². The fourth-order valence-corrected chi connectivity index (χ4v) is 2.58. The molecule has 4 nitrogen and oxygen atoms in total. The van der Waals surface area contributed by atoms with Crippen molar-refractivity contribution < 1.29 is 4.52 Å². The van der Waals surface area contributed by atoms with Crippen LogP contribution in [0.2, 0.25) is 0 Å². The van der Waals surface area contributed by atoms with Crippen molar-refractivity contribution >= 4 is 15.9 Å². The highest BCUT2D eigenvalue weighted by molar-refractivity contribution is 9.10. The second-order valence-corrected chi connectivity index (χ2v) is 5.69. The first-order chi connectivity index (χ1) is 9.71. The highest BCUT2D eigenvalue weighted by Crippen LogP contribution is 2.14. The van der Waals surface area contributed by atoms with Crippen LogP contribution in [0.1, 0.15) is 37.5 Å². The van der Waals surface area contributed by atoms with Gasteiger partial charge in [0.1, 0.15) is 0 Å². The number of nitrogens with zero attached hydrogens (tertiary/aromatic N) is 2. The predicted octanol–water partition coefficient (Wildman–Crippen LogP) is 3.35. The second kappa shape index (κ2) is 7.55. The van der Waals surface area contributed by atoms with E-state index in [0.717, 1.165) is 29.7 Å². The highest BCUT2D eigenvalue weighted by atomic mass is 79.9. The van der Waals surface area contributed by atoms with Gasteiger partial charge in [0.2, 0.25) is 5.89 Å². The monoisotopic (exact) mass is 337 g/mol. The van der Waals surface area contributed by atoms with Gasteiger partial charge in [0.15, 0.2) is 5.82 Å². The lowest BCUT2D eigenvalue weighted by molar-refractivity contribution is 0.352. The van der Waals surface area contributed by atoms with Crippen molar-refractivity contribution in [3.05, 3.63) is 46.0 Å². The minimum atomic E-state index is 0.402. The van der Waals surface area contributed by atoms with Crippen molar-refractivity contribution in [3.8, 4) is 0 Å². The number of likely N-dealkylation sites (N-methyl/N-ethyl adjacent to an activating group) is 1. The molecule has 20 heavy (non-hydrogen) atoms. The van der Waals surface area contributed by atoms with E-state index in [1.165, 1.54) is 5.56 Å². The Hall–Kier alpha value is -1.20. The van der Waals surface area contributed by atoms with Crippen LogP contribution in [-0.4, -0.2) is 22.7 Å². The molecule has 0 spiro atoms. The quantitative estimate of drug-likeness (QED) is 0.841. The number of hydrogen-bond acceptors (Lipinski definition) is 4. The number of aromatic nitrogens is 2. The molecule has 1 unspecified atom stereocenters. The molecule has 108 valence electrons. The van der Waals surface area contributed by atoms with E-state index in [1.54, 1.807) is 0 Å². The van der Waals surface area contributed by atoms with Crippen molar-refractivity contribution in [2.24, 2.45) is 0 Å². The number of nitrogens with one attached hydrogen (secondary N) is 1. The van der Waals surface area contributed by atoms with Crippen LogP contribution in [-0.2, 0) is 12.8 Å². The average Bonchev–Trinajstić information content (AvgIpc) is 2.85. The second-order valence-electron chi connectivity index (χ2n) is 4.78. The topological polar surface area (TPSA) is 51.0 Å². The van der Waals surface area contributed by atoms with Crippen LogP contribution in [0.4, 0.5) is 0 Å². The summed E-state index contributed by atoms with van der Waals surface area (Å²) in [5, 5.41) is 7.47. The molecule has 1 atom stereocenters. The smallest absolute Gasteiger partial charge is 0.228 e. The number of rotatable bonds is 7. The van der Waals surface area contributed by atoms with Crippen LogP contribution < -0.4 is 5.32 Å². The third-order valence-corrected chi connectivity index (χ3v) is 3.66. The maximum atomic E-state index is 5.33. The van der Waals surface area contributed by atoms with Gasteiger partial charge in [-0.05, 0) is 30.7 Å². The molecule has 0 aliphatic carbocycles. The van der Waals surface area contributed by atoms with Crippen LogP contribution in [0.5, 0.6) is 0 Å². The maximum Gasteiger partial charge on any atom is 0.228 e. The van der Waals surface area contributed by atoms with Crippen molar-refractivity contribution in [3.63, 3.8) is 0 Å². The van der Waals surface area contributed by atoms with E-state index in [9.17, 15) is 0 Å². The third kappa shape index (κ3) is 4.42. The summed E-state index contributed by atoms with van der Waals surface area (Å²) in [6, 6.07) is 8.56. The molecule has 1 aromatic carbocycles. The van der Waals surface area contributed by atoms with Gasteiger partial charge in [-0.2, -0.15) is 4.98 Å². The highest BCUT2D eigenvalue weighted by Gasteiger charge is 2.12. The first-order valence-corrected chi connectivity index (χ1v) is 7.79. The van der Waals surface area contributed by atoms with Gasteiger partial charge in [-0.3, -0.25) is 0 Å². The molecule has 0 aliphatic rings. The summed E-state index contributed by atoms with van der Waals surface area (Å²) in [4.78, 5) is 4.47. The summed E-state index contributed by atoms with van der Waals surface area (Å²) in [5.74, 6) is 1.45. The van der Waals surface area contributed by atoms with E-state index in [-0.39, 0.29) is 0 Å². The van der Waals surface area contributed by atoms with Crippen LogP contribution in [0.3, 0.4) is 0 Å². The lowest BCUT2D eigenvalue weighted by Gasteiger charge is -2.12. The molecular weight excluding hydrogens is 318 g/mol. The predicted molar refractivity (Wildman–Crippen MR) is 82.7 cm³/mol. The lowest BCUT2D eigenvalue weighted by Crippen LogP contribution is -2.30. The summed E-state index contributed by atoms with van der Waals surface area (Å²) in [5.41, 5.74) is 1.17. The summed E-state index contributed by atoms with van der Waals surface area (Å²) in [6.07, 6.45) is 2.54. The van der Waals surface area contributed by atoms with Crippen LogP contribution >= 0.6 is 15.9 Å². The molecule has 1 N–H and O–H groups in total. The van der Waals surface area contributed by atoms with Gasteiger partial charge in [-0.1, -0.05) is 47.1 Å². The maximum absolute atomic E-state index is 5.33. The van der Waals surface area contributed by atoms with Crippen molar-refractivity contribution in [1.82, 2.24) is 15.5 Å². The third-order valence-electron chi connectivity index (χ3n) is 3.17. The largest absolute Gasteiger partial charge is 0.339 e. The van der Waals surface area contributed by atoms with E-state index >= 15 is 0 Å². The first-order valence-electron chi connectivity index (χ1n) is 7.00. The molecule has 1 heterocycles. The zero-order valence-corrected chi connectivity index (χ0v) is 13.5. The SMILES string of the molecule is CCNC(CC)Cc1nc(Cc2cccc(Br)c2)no1. The summed E-state index contributed by atoms with van der Waals surface area (Å²) >= 11 is 3.47. The molecular formula is C15H20BrN3O. The van der Waals surface area contributed by atoms with Crippen molar-refractivity contribution in [2.75, 3.05) is 6.54 Å². The Morgan fingerprint density at radius 1 is 1.35 bits per heavy atom. The molecule has 0 amide bonds. The van der Waals surface area contributed by atoms with Gasteiger partial charge < -0.3 is 9.84 Å². The van der Waals surface area contributed by atoms with E-state index in [1.807, 2.05) is 12.1 Å². The molecule has 0 bridgehead atoms. The fraction of sp³-hybridized carbons (Fsp3) is 0.467. The minimum absolute atomic E-state index is 0.402. The Bertz CT molecular complexity index is 541. The molecule has 5 heteroatoms. The van der Waals surface area contributed by atoms with E-state index in [4.69, 9.17) is 4.52 Å². The van der Waals surface area contributed by atoms with Gasteiger partial charge in [0.25, 0.3) is 0 Å². The van der Waals surface area contributed by atoms with Crippen LogP contribution in [0.15, 0.2) is 33.3 Å². The minimum Gasteiger partial charge on any atom is -0.339 e. The zero-order chi connectivity index (χ0) is 14.4. The molecule has 0 fully saturated rings. The van der Waals surface area contributed by atoms with Crippen LogP contribution in [0, 0.1) is 0 Å². The number of benzene rings is 1. The van der Waals surface area contributed by atoms with Gasteiger partial charge in [0.05, 0.1) is 0 Å². The van der Waals surface area contributed by atoms with Gasteiger partial charge in [0, 0.05) is 23.4 Å². The van der Waals surface area contributed by atoms with Gasteiger partial charge in [-0.15, -0.1) is 0 Å². The van der Waals surface area contributed by atoms with E-state index in [2.05, 4.69) is 57.4 Å². The molecule has 0 saturated heterocycles. The number of halogens is 1. The summed E-state index contributed by atoms with van der Waals surface area (Å²) in [6.45, 7) is 5.22. The molecule has 2 rings (SSSR count). The van der Waals surface area contributed by atoms with Crippen molar-refractivity contribution in [1.29, 1.82) is 0 Å². The molecule has 0 aliphatic heterocycles. The standard InChI is InChI=1S/C15H20BrN3O/c1-3-13(17-4-2)10-15-18-14(19-20-15)9-11-6-5-7-12(16)8-11/h5-8,13,17H,3-4,9-10H2,1-2H3. The lowest BCUT2D eigenvalue weighted by atomic mass is 10.1. The van der Waals surface area contributed by atoms with E-state index < -0.39 is 0 Å². The summed E-state index contributed by atoms with van der Waals surface area (Å²) < 4.78 is 6.40. The summed E-state index contributed by atoms with van der Waals surface area (Å²) in [7, 11) is 0. The number of hydrogen-bond donors (Lipinski definition) is 1. The van der Waals surface area contributed by atoms with Gasteiger partial charge in [-0.25, -0.2) is 0 Å². The Morgan fingerprint density at radius 3 is 2.90 bits per heavy atom. The van der Waals surface area contributed by atoms with Crippen molar-refractivity contribution in [2.45, 2.75) is 39.2 Å². The van der Waals surface area contributed by atoms with Crippen LogP contribution in [0.25, 0.3) is 0 Å². The molecule has 1 aromatic heterocycles.